The number of benzene rings is 1. The predicted molar refractivity (Wildman–Crippen MR) is 111 cm³/mol. The number of carbonyl (C=O) groups is 2. The zero-order chi connectivity index (χ0) is 23.7. The van der Waals surface area contributed by atoms with Crippen LogP contribution in [0.4, 0.5) is 13.2 Å². The number of ether oxygens (including phenoxy) is 1. The Kier molecular flexibility index (Phi) is 8.79. The number of hydrogen-bond acceptors (Lipinski definition) is 5. The summed E-state index contributed by atoms with van der Waals surface area (Å²) in [6.07, 6.45) is -4.24. The van der Waals surface area contributed by atoms with Gasteiger partial charge >= 0.3 is 12.1 Å². The summed E-state index contributed by atoms with van der Waals surface area (Å²) >= 11 is 0. The van der Waals surface area contributed by atoms with E-state index in [1.807, 2.05) is 0 Å². The van der Waals surface area contributed by atoms with E-state index >= 15 is 0 Å². The molecule has 1 aromatic heterocycles. The number of aromatic nitrogens is 1. The fraction of sp³-hybridized carbons (Fsp3) is 0.348. The fourth-order valence-electron chi connectivity index (χ4n) is 2.70. The number of rotatable bonds is 7. The second-order valence-corrected chi connectivity index (χ2v) is 6.80. The van der Waals surface area contributed by atoms with Gasteiger partial charge in [0.1, 0.15) is 5.69 Å². The first-order valence-electron chi connectivity index (χ1n) is 9.86. The average molecular weight is 448 g/mol. The van der Waals surface area contributed by atoms with Crippen LogP contribution < -0.4 is 0 Å². The van der Waals surface area contributed by atoms with Gasteiger partial charge < -0.3 is 14.7 Å². The average Bonchev–Trinajstić information content (AvgIpc) is 2.76. The summed E-state index contributed by atoms with van der Waals surface area (Å²) in [5, 5.41) is 8.82. The summed E-state index contributed by atoms with van der Waals surface area (Å²) in [4.78, 5) is 29.5. The van der Waals surface area contributed by atoms with Gasteiger partial charge in [0, 0.05) is 31.3 Å². The Hall–Kier alpha value is -3.38. The zero-order valence-electron chi connectivity index (χ0n) is 17.7. The highest BCUT2D eigenvalue weighted by atomic mass is 19.4. The molecule has 0 aliphatic carbocycles. The lowest BCUT2D eigenvalue weighted by molar-refractivity contribution is -0.137. The van der Waals surface area contributed by atoms with Crippen molar-refractivity contribution in [3.8, 4) is 23.1 Å². The van der Waals surface area contributed by atoms with Gasteiger partial charge in [-0.05, 0) is 37.6 Å². The molecule has 32 heavy (non-hydrogen) atoms. The number of hydrogen-bond donors (Lipinski definition) is 1. The Morgan fingerprint density at radius 2 is 1.97 bits per heavy atom. The third kappa shape index (κ3) is 7.10. The van der Waals surface area contributed by atoms with E-state index in [1.54, 1.807) is 32.2 Å². The summed E-state index contributed by atoms with van der Waals surface area (Å²) < 4.78 is 44.8. The van der Waals surface area contributed by atoms with E-state index in [-0.39, 0.29) is 31.2 Å². The zero-order valence-corrected chi connectivity index (χ0v) is 17.7. The van der Waals surface area contributed by atoms with Crippen LogP contribution in [0.2, 0.25) is 0 Å². The maximum atomic E-state index is 13.3. The molecule has 0 radical (unpaired) electrons. The van der Waals surface area contributed by atoms with Gasteiger partial charge in [-0.1, -0.05) is 24.0 Å². The summed E-state index contributed by atoms with van der Waals surface area (Å²) in [7, 11) is 1.61. The number of aliphatic hydroxyl groups is 1. The quantitative estimate of drug-likeness (QED) is 0.518. The third-order valence-electron chi connectivity index (χ3n) is 4.35. The number of carbonyl (C=O) groups excluding carboxylic acids is 2. The molecule has 2 aromatic rings. The molecule has 1 N–H and O–H groups in total. The Balaban J connectivity index is 2.30. The van der Waals surface area contributed by atoms with Crippen molar-refractivity contribution in [1.82, 2.24) is 9.88 Å². The number of halogens is 3. The van der Waals surface area contributed by atoms with E-state index in [0.717, 1.165) is 6.07 Å². The van der Waals surface area contributed by atoms with Crippen LogP contribution in [0.1, 0.15) is 41.4 Å². The SMILES string of the molecule is CCOC(=O)c1cc(C(F)(F)F)cc(-c2cccc(C#CCC(=O)N(C)CCCO)c2)n1. The van der Waals surface area contributed by atoms with Crippen LogP contribution in [0.5, 0.6) is 0 Å². The molecule has 0 unspecified atom stereocenters. The van der Waals surface area contributed by atoms with Gasteiger partial charge in [-0.25, -0.2) is 9.78 Å². The van der Waals surface area contributed by atoms with Crippen molar-refractivity contribution >= 4 is 11.9 Å². The van der Waals surface area contributed by atoms with Crippen molar-refractivity contribution < 1.29 is 32.6 Å². The van der Waals surface area contributed by atoms with Crippen LogP contribution in [0.25, 0.3) is 11.3 Å². The summed E-state index contributed by atoms with van der Waals surface area (Å²) in [6.45, 7) is 1.95. The van der Waals surface area contributed by atoms with Crippen molar-refractivity contribution in [2.45, 2.75) is 25.9 Å². The standard InChI is InChI=1S/C23H23F3N2O4/c1-3-32-22(31)20-15-18(23(24,25)26)14-19(27-20)17-9-4-7-16(13-17)8-5-10-21(30)28(2)11-6-12-29/h4,7,9,13-15,29H,3,6,10-12H2,1-2H3. The van der Waals surface area contributed by atoms with Crippen LogP contribution >= 0.6 is 0 Å². The van der Waals surface area contributed by atoms with Crippen LogP contribution in [-0.2, 0) is 15.7 Å². The molecule has 1 amide bonds. The molecule has 2 rings (SSSR count). The van der Waals surface area contributed by atoms with Gasteiger partial charge in [-0.15, -0.1) is 0 Å². The lowest BCUT2D eigenvalue weighted by atomic mass is 10.0. The lowest BCUT2D eigenvalue weighted by Gasteiger charge is -2.14. The van der Waals surface area contributed by atoms with Gasteiger partial charge in [-0.3, -0.25) is 4.79 Å². The molecule has 0 fully saturated rings. The Morgan fingerprint density at radius 3 is 2.62 bits per heavy atom. The summed E-state index contributed by atoms with van der Waals surface area (Å²) in [6, 6.07) is 7.84. The highest BCUT2D eigenvalue weighted by molar-refractivity contribution is 5.88. The van der Waals surface area contributed by atoms with Crippen molar-refractivity contribution in [2.24, 2.45) is 0 Å². The minimum Gasteiger partial charge on any atom is -0.461 e. The number of esters is 1. The number of alkyl halides is 3. The molecule has 0 aliphatic heterocycles. The number of aliphatic hydroxyl groups excluding tert-OH is 1. The summed E-state index contributed by atoms with van der Waals surface area (Å²) in [5.74, 6) is 4.40. The Morgan fingerprint density at radius 1 is 1.22 bits per heavy atom. The Bertz CT molecular complexity index is 1030. The topological polar surface area (TPSA) is 79.7 Å². The Labute approximate surface area is 184 Å². The molecule has 0 spiro atoms. The molecule has 0 atom stereocenters. The first-order chi connectivity index (χ1) is 15.2. The van der Waals surface area contributed by atoms with E-state index in [2.05, 4.69) is 16.8 Å². The second kappa shape index (κ2) is 11.3. The van der Waals surface area contributed by atoms with Crippen LogP contribution in [0.3, 0.4) is 0 Å². The fourth-order valence-corrected chi connectivity index (χ4v) is 2.70. The van der Waals surface area contributed by atoms with E-state index in [1.165, 1.54) is 11.0 Å². The lowest BCUT2D eigenvalue weighted by Crippen LogP contribution is -2.27. The molecule has 9 heteroatoms. The smallest absolute Gasteiger partial charge is 0.416 e. The minimum absolute atomic E-state index is 0.00504. The first-order valence-corrected chi connectivity index (χ1v) is 9.86. The third-order valence-corrected chi connectivity index (χ3v) is 4.35. The molecule has 0 saturated carbocycles. The van der Waals surface area contributed by atoms with Crippen molar-refractivity contribution in [2.75, 3.05) is 26.8 Å². The molecule has 0 aliphatic rings. The van der Waals surface area contributed by atoms with E-state index in [0.29, 0.717) is 30.2 Å². The highest BCUT2D eigenvalue weighted by Gasteiger charge is 2.32. The molecule has 1 aromatic carbocycles. The maximum Gasteiger partial charge on any atom is 0.416 e. The monoisotopic (exact) mass is 448 g/mol. The van der Waals surface area contributed by atoms with Gasteiger partial charge in [0.05, 0.1) is 24.3 Å². The molecule has 0 saturated heterocycles. The normalized spacial score (nSPS) is 10.8. The number of amides is 1. The number of pyridine rings is 1. The largest absolute Gasteiger partial charge is 0.461 e. The second-order valence-electron chi connectivity index (χ2n) is 6.80. The van der Waals surface area contributed by atoms with Crippen molar-refractivity contribution in [3.05, 3.63) is 53.2 Å². The molecular formula is C23H23F3N2O4. The van der Waals surface area contributed by atoms with E-state index in [9.17, 15) is 22.8 Å². The number of nitrogens with zero attached hydrogens (tertiary/aromatic N) is 2. The van der Waals surface area contributed by atoms with Crippen molar-refractivity contribution in [1.29, 1.82) is 0 Å². The molecule has 1 heterocycles. The molecule has 0 bridgehead atoms. The molecule has 6 nitrogen and oxygen atoms in total. The van der Waals surface area contributed by atoms with Gasteiger partial charge in [-0.2, -0.15) is 13.2 Å². The highest BCUT2D eigenvalue weighted by Crippen LogP contribution is 2.32. The van der Waals surface area contributed by atoms with Gasteiger partial charge in [0.25, 0.3) is 0 Å². The molecular weight excluding hydrogens is 425 g/mol. The van der Waals surface area contributed by atoms with Crippen molar-refractivity contribution in [3.63, 3.8) is 0 Å². The first kappa shape index (κ1) is 24.9. The van der Waals surface area contributed by atoms with Gasteiger partial charge in [0.15, 0.2) is 0 Å². The van der Waals surface area contributed by atoms with Crippen LogP contribution in [0, 0.1) is 11.8 Å². The summed E-state index contributed by atoms with van der Waals surface area (Å²) in [5.41, 5.74) is -0.695. The maximum absolute atomic E-state index is 13.3. The minimum atomic E-state index is -4.67. The molecule has 170 valence electrons. The van der Waals surface area contributed by atoms with E-state index < -0.39 is 23.4 Å². The van der Waals surface area contributed by atoms with E-state index in [4.69, 9.17) is 9.84 Å². The predicted octanol–water partition coefficient (Wildman–Crippen LogP) is 3.53. The van der Waals surface area contributed by atoms with Gasteiger partial charge in [0.2, 0.25) is 5.91 Å². The van der Waals surface area contributed by atoms with Crippen LogP contribution in [-0.4, -0.2) is 53.7 Å². The van der Waals surface area contributed by atoms with Crippen LogP contribution in [0.15, 0.2) is 36.4 Å².